The third kappa shape index (κ3) is 5.78. The number of rotatable bonds is 6. The molecule has 0 amide bonds. The van der Waals surface area contributed by atoms with Gasteiger partial charge in [0.2, 0.25) is 0 Å². The maximum absolute atomic E-state index is 12.2. The van der Waals surface area contributed by atoms with Crippen LogP contribution in [0.1, 0.15) is 33.3 Å². The van der Waals surface area contributed by atoms with Gasteiger partial charge in [-0.25, -0.2) is 0 Å². The number of hydrogen-bond acceptors (Lipinski definition) is 4. The van der Waals surface area contributed by atoms with E-state index in [1.807, 2.05) is 44.2 Å². The molecule has 0 aliphatic heterocycles. The van der Waals surface area contributed by atoms with Gasteiger partial charge in [0, 0.05) is 11.5 Å². The molecule has 1 rings (SSSR count). The summed E-state index contributed by atoms with van der Waals surface area (Å²) in [6, 6.07) is 9.46. The van der Waals surface area contributed by atoms with E-state index in [1.54, 1.807) is 13.8 Å². The number of hydrogen-bond donors (Lipinski definition) is 0. The lowest BCUT2D eigenvalue weighted by molar-refractivity contribution is -0.164. The van der Waals surface area contributed by atoms with E-state index in [-0.39, 0.29) is 19.1 Å². The molecule has 0 aromatic heterocycles. The van der Waals surface area contributed by atoms with E-state index < -0.39 is 23.8 Å². The fourth-order valence-electron chi connectivity index (χ4n) is 2.18. The van der Waals surface area contributed by atoms with E-state index in [0.29, 0.717) is 0 Å². The molecule has 0 bridgehead atoms. The van der Waals surface area contributed by atoms with E-state index in [4.69, 9.17) is 9.47 Å². The molecule has 0 fully saturated rings. The normalized spacial score (nSPS) is 11.6. The summed E-state index contributed by atoms with van der Waals surface area (Å²) in [6.07, 6.45) is 0. The zero-order valence-electron chi connectivity index (χ0n) is 14.2. The SMILES string of the molecule is CCOC(=O)C(C(=O)OCC)C(C#Cc1ccccc1)C(C)C. The Balaban J connectivity index is 3.12. The summed E-state index contributed by atoms with van der Waals surface area (Å²) in [5.41, 5.74) is 0.838. The minimum atomic E-state index is -1.02. The zero-order chi connectivity index (χ0) is 17.2. The predicted octanol–water partition coefficient (Wildman–Crippen LogP) is 3.05. The maximum Gasteiger partial charge on any atom is 0.321 e. The number of carbonyl (C=O) groups excluding carboxylic acids is 2. The van der Waals surface area contributed by atoms with Gasteiger partial charge in [0.25, 0.3) is 0 Å². The molecule has 0 spiro atoms. The summed E-state index contributed by atoms with van der Waals surface area (Å²) in [5.74, 6) is 3.46. The van der Waals surface area contributed by atoms with Crippen molar-refractivity contribution in [2.24, 2.45) is 17.8 Å². The molecule has 0 saturated carbocycles. The Kier molecular flexibility index (Phi) is 7.90. The van der Waals surface area contributed by atoms with E-state index in [1.165, 1.54) is 0 Å². The van der Waals surface area contributed by atoms with Crippen molar-refractivity contribution in [1.29, 1.82) is 0 Å². The van der Waals surface area contributed by atoms with Gasteiger partial charge in [-0.2, -0.15) is 0 Å². The Morgan fingerprint density at radius 1 is 1.00 bits per heavy atom. The molecule has 0 aliphatic rings. The third-order valence-corrected chi connectivity index (χ3v) is 3.32. The van der Waals surface area contributed by atoms with Gasteiger partial charge in [-0.15, -0.1) is 0 Å². The predicted molar refractivity (Wildman–Crippen MR) is 88.4 cm³/mol. The summed E-state index contributed by atoms with van der Waals surface area (Å²) in [5, 5.41) is 0. The standard InChI is InChI=1S/C19H24O4/c1-5-22-18(20)17(19(21)23-6-2)16(14(3)4)13-12-15-10-8-7-9-11-15/h7-11,14,16-17H,5-6H2,1-4H3. The van der Waals surface area contributed by atoms with Crippen molar-refractivity contribution in [3.63, 3.8) is 0 Å². The summed E-state index contributed by atoms with van der Waals surface area (Å²) >= 11 is 0. The van der Waals surface area contributed by atoms with Gasteiger partial charge in [-0.05, 0) is 31.9 Å². The summed E-state index contributed by atoms with van der Waals surface area (Å²) in [4.78, 5) is 24.5. The lowest BCUT2D eigenvalue weighted by Gasteiger charge is -2.22. The van der Waals surface area contributed by atoms with E-state index in [0.717, 1.165) is 5.56 Å². The van der Waals surface area contributed by atoms with Crippen LogP contribution in [0.3, 0.4) is 0 Å². The number of esters is 2. The molecular formula is C19H24O4. The highest BCUT2D eigenvalue weighted by atomic mass is 16.6. The summed E-state index contributed by atoms with van der Waals surface area (Å²) in [6.45, 7) is 7.70. The average molecular weight is 316 g/mol. The van der Waals surface area contributed by atoms with Gasteiger partial charge in [-0.1, -0.05) is 43.9 Å². The largest absolute Gasteiger partial charge is 0.465 e. The number of ether oxygens (including phenoxy) is 2. The van der Waals surface area contributed by atoms with Crippen LogP contribution in [0.2, 0.25) is 0 Å². The van der Waals surface area contributed by atoms with Gasteiger partial charge < -0.3 is 9.47 Å². The van der Waals surface area contributed by atoms with Crippen molar-refractivity contribution >= 4 is 11.9 Å². The van der Waals surface area contributed by atoms with Crippen LogP contribution in [0.4, 0.5) is 0 Å². The van der Waals surface area contributed by atoms with E-state index in [2.05, 4.69) is 11.8 Å². The van der Waals surface area contributed by atoms with Crippen molar-refractivity contribution < 1.29 is 19.1 Å². The first-order valence-electron chi connectivity index (χ1n) is 7.91. The minimum Gasteiger partial charge on any atom is -0.465 e. The van der Waals surface area contributed by atoms with Crippen LogP contribution in [0.25, 0.3) is 0 Å². The quantitative estimate of drug-likeness (QED) is 0.460. The molecule has 0 aliphatic carbocycles. The van der Waals surface area contributed by atoms with Crippen LogP contribution in [0.15, 0.2) is 30.3 Å². The zero-order valence-corrected chi connectivity index (χ0v) is 14.2. The van der Waals surface area contributed by atoms with Gasteiger partial charge in [0.1, 0.15) is 0 Å². The Labute approximate surface area is 138 Å². The van der Waals surface area contributed by atoms with Crippen LogP contribution < -0.4 is 0 Å². The van der Waals surface area contributed by atoms with Crippen LogP contribution in [-0.2, 0) is 19.1 Å². The Bertz CT molecular complexity index is 548. The van der Waals surface area contributed by atoms with Crippen molar-refractivity contribution in [2.45, 2.75) is 27.7 Å². The number of benzene rings is 1. The highest BCUT2D eigenvalue weighted by molar-refractivity contribution is 5.95. The molecule has 0 heterocycles. The van der Waals surface area contributed by atoms with Crippen LogP contribution in [0, 0.1) is 29.6 Å². The molecule has 124 valence electrons. The molecule has 0 saturated heterocycles. The minimum absolute atomic E-state index is 0.00465. The first-order chi connectivity index (χ1) is 11.0. The lowest BCUT2D eigenvalue weighted by Crippen LogP contribution is -2.36. The highest BCUT2D eigenvalue weighted by Crippen LogP contribution is 2.24. The topological polar surface area (TPSA) is 52.6 Å². The van der Waals surface area contributed by atoms with E-state index >= 15 is 0 Å². The second kappa shape index (κ2) is 9.68. The van der Waals surface area contributed by atoms with Crippen LogP contribution >= 0.6 is 0 Å². The van der Waals surface area contributed by atoms with E-state index in [9.17, 15) is 9.59 Å². The van der Waals surface area contributed by atoms with Crippen LogP contribution in [0.5, 0.6) is 0 Å². The van der Waals surface area contributed by atoms with Gasteiger partial charge in [-0.3, -0.25) is 9.59 Å². The summed E-state index contributed by atoms with van der Waals surface area (Å²) < 4.78 is 10.1. The molecule has 23 heavy (non-hydrogen) atoms. The van der Waals surface area contributed by atoms with Gasteiger partial charge in [0.15, 0.2) is 5.92 Å². The molecule has 0 N–H and O–H groups in total. The molecule has 4 heteroatoms. The lowest BCUT2D eigenvalue weighted by atomic mass is 9.83. The van der Waals surface area contributed by atoms with Crippen molar-refractivity contribution in [2.75, 3.05) is 13.2 Å². The van der Waals surface area contributed by atoms with Gasteiger partial charge in [0.05, 0.1) is 13.2 Å². The molecule has 1 unspecified atom stereocenters. The van der Waals surface area contributed by atoms with Crippen molar-refractivity contribution in [3.05, 3.63) is 35.9 Å². The van der Waals surface area contributed by atoms with Gasteiger partial charge >= 0.3 is 11.9 Å². The second-order valence-electron chi connectivity index (χ2n) is 5.39. The molecular weight excluding hydrogens is 292 g/mol. The number of carbonyl (C=O) groups is 2. The molecule has 1 atom stereocenters. The maximum atomic E-state index is 12.2. The molecule has 4 nitrogen and oxygen atoms in total. The fourth-order valence-corrected chi connectivity index (χ4v) is 2.18. The first-order valence-corrected chi connectivity index (χ1v) is 7.91. The Hall–Kier alpha value is -2.28. The van der Waals surface area contributed by atoms with Crippen molar-refractivity contribution in [3.8, 4) is 11.8 Å². The highest BCUT2D eigenvalue weighted by Gasteiger charge is 2.38. The molecule has 1 aromatic rings. The Morgan fingerprint density at radius 3 is 1.96 bits per heavy atom. The molecule has 1 aromatic carbocycles. The average Bonchev–Trinajstić information content (AvgIpc) is 2.52. The molecule has 0 radical (unpaired) electrons. The monoisotopic (exact) mass is 316 g/mol. The fraction of sp³-hybridized carbons (Fsp3) is 0.474. The van der Waals surface area contributed by atoms with Crippen LogP contribution in [-0.4, -0.2) is 25.2 Å². The summed E-state index contributed by atoms with van der Waals surface area (Å²) in [7, 11) is 0. The Morgan fingerprint density at radius 2 is 1.52 bits per heavy atom. The first kappa shape index (κ1) is 18.8. The van der Waals surface area contributed by atoms with Crippen molar-refractivity contribution in [1.82, 2.24) is 0 Å². The second-order valence-corrected chi connectivity index (χ2v) is 5.39. The smallest absolute Gasteiger partial charge is 0.321 e. The third-order valence-electron chi connectivity index (χ3n) is 3.32.